The van der Waals surface area contributed by atoms with Crippen molar-refractivity contribution in [3.8, 4) is 5.75 Å². The zero-order chi connectivity index (χ0) is 18.5. The van der Waals surface area contributed by atoms with Gasteiger partial charge in [-0.15, -0.1) is 0 Å². The van der Waals surface area contributed by atoms with Crippen LogP contribution in [0.15, 0.2) is 60.7 Å². The van der Waals surface area contributed by atoms with Crippen LogP contribution in [-0.4, -0.2) is 18.8 Å². The zero-order valence-electron chi connectivity index (χ0n) is 14.9. The number of anilines is 1. The van der Waals surface area contributed by atoms with Gasteiger partial charge in [-0.25, -0.2) is 0 Å². The Hall–Kier alpha value is -3.14. The maximum Gasteiger partial charge on any atom is 0.262 e. The summed E-state index contributed by atoms with van der Waals surface area (Å²) in [4.78, 5) is 23.6. The highest BCUT2D eigenvalue weighted by Crippen LogP contribution is 2.26. The van der Waals surface area contributed by atoms with E-state index in [-0.39, 0.29) is 12.5 Å². The normalized spacial score (nSPS) is 10.7. The summed E-state index contributed by atoms with van der Waals surface area (Å²) in [6.45, 7) is 4.08. The molecule has 0 spiro atoms. The highest BCUT2D eigenvalue weighted by atomic mass is 16.5. The summed E-state index contributed by atoms with van der Waals surface area (Å²) < 4.78 is 5.59. The van der Waals surface area contributed by atoms with Gasteiger partial charge in [-0.05, 0) is 40.5 Å². The molecule has 3 aromatic rings. The first-order chi connectivity index (χ1) is 12.6. The second-order valence-corrected chi connectivity index (χ2v) is 6.43. The number of rotatable bonds is 6. The van der Waals surface area contributed by atoms with Crippen LogP contribution in [0.3, 0.4) is 0 Å². The standard InChI is InChI=1S/C22H21NO3/c1-15(2)16-7-10-18(11-8-16)23-22(25)14-26-21-12-9-17-5-3-4-6-19(17)20(21)13-24/h3-13,15H,14H2,1-2H3,(H,23,25). The molecule has 0 heterocycles. The van der Waals surface area contributed by atoms with Gasteiger partial charge >= 0.3 is 0 Å². The molecule has 0 atom stereocenters. The molecule has 4 nitrogen and oxygen atoms in total. The first kappa shape index (κ1) is 17.7. The van der Waals surface area contributed by atoms with Gasteiger partial charge in [0.25, 0.3) is 5.91 Å². The van der Waals surface area contributed by atoms with Gasteiger partial charge in [-0.3, -0.25) is 9.59 Å². The highest BCUT2D eigenvalue weighted by molar-refractivity contribution is 6.01. The second kappa shape index (κ2) is 7.83. The molecular weight excluding hydrogens is 326 g/mol. The van der Waals surface area contributed by atoms with Crippen molar-refractivity contribution >= 4 is 28.7 Å². The summed E-state index contributed by atoms with van der Waals surface area (Å²) in [5.74, 6) is 0.578. The van der Waals surface area contributed by atoms with E-state index in [0.717, 1.165) is 22.7 Å². The van der Waals surface area contributed by atoms with Crippen molar-refractivity contribution in [1.82, 2.24) is 0 Å². The minimum absolute atomic E-state index is 0.162. The van der Waals surface area contributed by atoms with E-state index >= 15 is 0 Å². The van der Waals surface area contributed by atoms with Gasteiger partial charge in [0.15, 0.2) is 12.9 Å². The van der Waals surface area contributed by atoms with Gasteiger partial charge in [-0.1, -0.05) is 56.3 Å². The number of carbonyl (C=O) groups is 2. The van der Waals surface area contributed by atoms with E-state index in [4.69, 9.17) is 4.74 Å². The molecule has 0 aromatic heterocycles. The largest absolute Gasteiger partial charge is 0.483 e. The van der Waals surface area contributed by atoms with Gasteiger partial charge in [-0.2, -0.15) is 0 Å². The molecule has 4 heteroatoms. The third-order valence-electron chi connectivity index (χ3n) is 4.27. The number of nitrogens with one attached hydrogen (secondary N) is 1. The van der Waals surface area contributed by atoms with Crippen LogP contribution in [0, 0.1) is 0 Å². The van der Waals surface area contributed by atoms with E-state index in [0.29, 0.717) is 17.2 Å². The van der Waals surface area contributed by atoms with Crippen LogP contribution < -0.4 is 10.1 Å². The molecule has 3 aromatic carbocycles. The van der Waals surface area contributed by atoms with Crippen molar-refractivity contribution < 1.29 is 14.3 Å². The number of amides is 1. The van der Waals surface area contributed by atoms with Crippen LogP contribution in [-0.2, 0) is 4.79 Å². The van der Waals surface area contributed by atoms with Crippen LogP contribution in [0.25, 0.3) is 10.8 Å². The van der Waals surface area contributed by atoms with E-state index < -0.39 is 0 Å². The van der Waals surface area contributed by atoms with Gasteiger partial charge in [0.2, 0.25) is 0 Å². The molecule has 132 valence electrons. The fourth-order valence-electron chi connectivity index (χ4n) is 2.81. The van der Waals surface area contributed by atoms with Gasteiger partial charge < -0.3 is 10.1 Å². The van der Waals surface area contributed by atoms with E-state index in [1.807, 2.05) is 54.6 Å². The zero-order valence-corrected chi connectivity index (χ0v) is 14.9. The number of aldehydes is 1. The first-order valence-electron chi connectivity index (χ1n) is 8.58. The predicted molar refractivity (Wildman–Crippen MR) is 104 cm³/mol. The number of hydrogen-bond donors (Lipinski definition) is 1. The van der Waals surface area contributed by atoms with Crippen molar-refractivity contribution in [2.75, 3.05) is 11.9 Å². The van der Waals surface area contributed by atoms with E-state index in [1.54, 1.807) is 6.07 Å². The van der Waals surface area contributed by atoms with Crippen LogP contribution in [0.5, 0.6) is 5.75 Å². The van der Waals surface area contributed by atoms with Gasteiger partial charge in [0.05, 0.1) is 5.56 Å². The topological polar surface area (TPSA) is 55.4 Å². The molecule has 0 aliphatic heterocycles. The Bertz CT molecular complexity index is 930. The molecule has 0 bridgehead atoms. The monoisotopic (exact) mass is 347 g/mol. The van der Waals surface area contributed by atoms with Crippen molar-refractivity contribution in [3.05, 3.63) is 71.8 Å². The summed E-state index contributed by atoms with van der Waals surface area (Å²) >= 11 is 0. The number of hydrogen-bond acceptors (Lipinski definition) is 3. The molecular formula is C22H21NO3. The van der Waals surface area contributed by atoms with Crippen LogP contribution >= 0.6 is 0 Å². The van der Waals surface area contributed by atoms with E-state index in [1.165, 1.54) is 5.56 Å². The van der Waals surface area contributed by atoms with E-state index in [9.17, 15) is 9.59 Å². The van der Waals surface area contributed by atoms with Crippen LogP contribution in [0.4, 0.5) is 5.69 Å². The van der Waals surface area contributed by atoms with Crippen LogP contribution in [0.2, 0.25) is 0 Å². The Labute approximate surface area is 152 Å². The third kappa shape index (κ3) is 3.91. The minimum Gasteiger partial charge on any atom is -0.483 e. The van der Waals surface area contributed by atoms with Gasteiger partial charge in [0, 0.05) is 5.69 Å². The molecule has 0 aliphatic carbocycles. The number of benzene rings is 3. The smallest absolute Gasteiger partial charge is 0.262 e. The molecule has 3 rings (SSSR count). The SMILES string of the molecule is CC(C)c1ccc(NC(=O)COc2ccc3ccccc3c2C=O)cc1. The molecule has 1 N–H and O–H groups in total. The molecule has 0 saturated heterocycles. The summed E-state index contributed by atoms with van der Waals surface area (Å²) in [7, 11) is 0. The quantitative estimate of drug-likeness (QED) is 0.652. The fourth-order valence-corrected chi connectivity index (χ4v) is 2.81. The molecule has 0 saturated carbocycles. The van der Waals surface area contributed by atoms with E-state index in [2.05, 4.69) is 19.2 Å². The van der Waals surface area contributed by atoms with Crippen molar-refractivity contribution in [2.24, 2.45) is 0 Å². The van der Waals surface area contributed by atoms with Crippen LogP contribution in [0.1, 0.15) is 35.7 Å². The number of fused-ring (bicyclic) bond motifs is 1. The maximum atomic E-state index is 12.1. The third-order valence-corrected chi connectivity index (χ3v) is 4.27. The summed E-state index contributed by atoms with van der Waals surface area (Å²) in [6.07, 6.45) is 0.764. The van der Waals surface area contributed by atoms with Crippen molar-refractivity contribution in [2.45, 2.75) is 19.8 Å². The molecule has 0 radical (unpaired) electrons. The summed E-state index contributed by atoms with van der Waals surface area (Å²) in [6, 6.07) is 18.9. The lowest BCUT2D eigenvalue weighted by Gasteiger charge is -2.11. The Morgan fingerprint density at radius 2 is 1.77 bits per heavy atom. The molecule has 26 heavy (non-hydrogen) atoms. The molecule has 0 unspecified atom stereocenters. The lowest BCUT2D eigenvalue weighted by atomic mass is 10.0. The Morgan fingerprint density at radius 3 is 2.46 bits per heavy atom. The van der Waals surface area contributed by atoms with Gasteiger partial charge in [0.1, 0.15) is 5.75 Å². The lowest BCUT2D eigenvalue weighted by Crippen LogP contribution is -2.20. The Kier molecular flexibility index (Phi) is 5.32. The average Bonchev–Trinajstić information content (AvgIpc) is 2.66. The molecule has 0 aliphatic rings. The highest BCUT2D eigenvalue weighted by Gasteiger charge is 2.10. The predicted octanol–water partition coefficient (Wildman–Crippen LogP) is 4.79. The Morgan fingerprint density at radius 1 is 1.04 bits per heavy atom. The minimum atomic E-state index is -0.271. The second-order valence-electron chi connectivity index (χ2n) is 6.43. The first-order valence-corrected chi connectivity index (χ1v) is 8.58. The number of carbonyl (C=O) groups excluding carboxylic acids is 2. The number of ether oxygens (including phenoxy) is 1. The fraction of sp³-hybridized carbons (Fsp3) is 0.182. The van der Waals surface area contributed by atoms with Crippen molar-refractivity contribution in [1.29, 1.82) is 0 Å². The molecule has 1 amide bonds. The maximum absolute atomic E-state index is 12.1. The summed E-state index contributed by atoms with van der Waals surface area (Å²) in [5, 5.41) is 4.57. The lowest BCUT2D eigenvalue weighted by molar-refractivity contribution is -0.118. The average molecular weight is 347 g/mol. The van der Waals surface area contributed by atoms with Crippen molar-refractivity contribution in [3.63, 3.8) is 0 Å². The summed E-state index contributed by atoms with van der Waals surface area (Å²) in [5.41, 5.74) is 2.39. The Balaban J connectivity index is 1.67. The molecule has 0 fully saturated rings.